The second-order valence-corrected chi connectivity index (χ2v) is 13.6. The molecule has 0 saturated carbocycles. The quantitative estimate of drug-likeness (QED) is 0.483. The van der Waals surface area contributed by atoms with Crippen LogP contribution in [0.15, 0.2) is 41.6 Å². The third kappa shape index (κ3) is 6.07. The average molecular weight is 540 g/mol. The average Bonchev–Trinajstić information content (AvgIpc) is 3.29. The fraction of sp³-hybridized carbons (Fsp3) is 0.560. The molecule has 36 heavy (non-hydrogen) atoms. The third-order valence-corrected chi connectivity index (χ3v) is 11.2. The monoisotopic (exact) mass is 539 g/mol. The van der Waals surface area contributed by atoms with E-state index in [1.807, 2.05) is 0 Å². The zero-order valence-corrected chi connectivity index (χ0v) is 22.4. The second-order valence-electron chi connectivity index (χ2n) is 9.64. The molecular formula is C25H34FN3O5S2. The van der Waals surface area contributed by atoms with E-state index < -0.39 is 25.9 Å². The molecule has 3 heterocycles. The maximum absolute atomic E-state index is 13.7. The van der Waals surface area contributed by atoms with E-state index in [-0.39, 0.29) is 22.8 Å². The number of ether oxygens (including phenoxy) is 1. The molecule has 1 aromatic carbocycles. The SMILES string of the molecule is Cc1cc(F)cc(C)c1S(=O)(=O)N1CCC[C@H]1CCCS(=O)(=O)N1CCC(Oc2ccncc2)CC1. The normalized spacial score (nSPS) is 20.6. The number of sulfonamides is 2. The maximum atomic E-state index is 13.7. The summed E-state index contributed by atoms with van der Waals surface area (Å²) in [5.41, 5.74) is 0.772. The summed E-state index contributed by atoms with van der Waals surface area (Å²) in [5, 5.41) is 0. The van der Waals surface area contributed by atoms with Crippen LogP contribution in [0.3, 0.4) is 0 Å². The summed E-state index contributed by atoms with van der Waals surface area (Å²) in [6.07, 6.45) is 6.79. The van der Waals surface area contributed by atoms with Crippen molar-refractivity contribution in [3.63, 3.8) is 0 Å². The van der Waals surface area contributed by atoms with Gasteiger partial charge in [0.2, 0.25) is 20.0 Å². The number of benzene rings is 1. The summed E-state index contributed by atoms with van der Waals surface area (Å²) < 4.78 is 75.4. The van der Waals surface area contributed by atoms with Gasteiger partial charge in [-0.3, -0.25) is 4.98 Å². The molecule has 4 rings (SSSR count). The van der Waals surface area contributed by atoms with E-state index >= 15 is 0 Å². The van der Waals surface area contributed by atoms with Crippen LogP contribution in [0.4, 0.5) is 4.39 Å². The lowest BCUT2D eigenvalue weighted by atomic mass is 10.1. The number of aromatic nitrogens is 1. The first-order chi connectivity index (χ1) is 17.1. The van der Waals surface area contributed by atoms with Gasteiger partial charge in [0.25, 0.3) is 0 Å². The van der Waals surface area contributed by atoms with E-state index in [1.165, 1.54) is 20.7 Å². The molecule has 0 aliphatic carbocycles. The van der Waals surface area contributed by atoms with Gasteiger partial charge in [-0.05, 0) is 87.8 Å². The molecular weight excluding hydrogens is 505 g/mol. The number of hydrogen-bond acceptors (Lipinski definition) is 6. The lowest BCUT2D eigenvalue weighted by Crippen LogP contribution is -2.43. The molecule has 0 N–H and O–H groups in total. The van der Waals surface area contributed by atoms with Crippen LogP contribution in [0, 0.1) is 19.7 Å². The van der Waals surface area contributed by atoms with Crippen LogP contribution >= 0.6 is 0 Å². The van der Waals surface area contributed by atoms with Crippen molar-refractivity contribution in [1.29, 1.82) is 0 Å². The Morgan fingerprint density at radius 2 is 1.64 bits per heavy atom. The minimum Gasteiger partial charge on any atom is -0.490 e. The molecule has 0 spiro atoms. The zero-order chi connectivity index (χ0) is 25.9. The van der Waals surface area contributed by atoms with Crippen molar-refractivity contribution in [3.8, 4) is 5.75 Å². The second kappa shape index (κ2) is 11.1. The summed E-state index contributed by atoms with van der Waals surface area (Å²) in [7, 11) is -7.23. The summed E-state index contributed by atoms with van der Waals surface area (Å²) in [6, 6.07) is 5.79. The molecule has 0 bridgehead atoms. The summed E-state index contributed by atoms with van der Waals surface area (Å²) >= 11 is 0. The van der Waals surface area contributed by atoms with Crippen LogP contribution in [-0.4, -0.2) is 68.0 Å². The fourth-order valence-electron chi connectivity index (χ4n) is 5.30. The first-order valence-electron chi connectivity index (χ1n) is 12.4. The van der Waals surface area contributed by atoms with Gasteiger partial charge in [0.05, 0.1) is 10.6 Å². The Hall–Kier alpha value is -2.08. The number of nitrogens with zero attached hydrogens (tertiary/aromatic N) is 3. The highest BCUT2D eigenvalue weighted by Crippen LogP contribution is 2.32. The highest BCUT2D eigenvalue weighted by molar-refractivity contribution is 7.89. The van der Waals surface area contributed by atoms with Gasteiger partial charge in [-0.25, -0.2) is 25.5 Å². The van der Waals surface area contributed by atoms with Gasteiger partial charge < -0.3 is 4.74 Å². The zero-order valence-electron chi connectivity index (χ0n) is 20.8. The molecule has 0 radical (unpaired) electrons. The van der Waals surface area contributed by atoms with Crippen LogP contribution in [0.1, 0.15) is 49.7 Å². The number of rotatable bonds is 9. The van der Waals surface area contributed by atoms with Crippen molar-refractivity contribution in [2.75, 3.05) is 25.4 Å². The Morgan fingerprint density at radius 1 is 1.00 bits per heavy atom. The standard InChI is InChI=1S/C25H34FN3O5S2/c1-19-17-21(26)18-20(2)25(19)36(32,33)29-13-3-5-22(29)6-4-16-35(30,31)28-14-9-24(10-15-28)34-23-7-11-27-12-8-23/h7-8,11-12,17-18,22,24H,3-6,9-10,13-16H2,1-2H3/t22-/m0/s1. The lowest BCUT2D eigenvalue weighted by Gasteiger charge is -2.31. The van der Waals surface area contributed by atoms with E-state index in [2.05, 4.69) is 4.98 Å². The van der Waals surface area contributed by atoms with Gasteiger partial charge in [0, 0.05) is 38.1 Å². The summed E-state index contributed by atoms with van der Waals surface area (Å²) in [6.45, 7) is 4.41. The topological polar surface area (TPSA) is 96.9 Å². The van der Waals surface area contributed by atoms with E-state index in [1.54, 1.807) is 38.4 Å². The van der Waals surface area contributed by atoms with Gasteiger partial charge in [0.1, 0.15) is 17.7 Å². The van der Waals surface area contributed by atoms with Crippen LogP contribution in [-0.2, 0) is 20.0 Å². The lowest BCUT2D eigenvalue weighted by molar-refractivity contribution is 0.135. The smallest absolute Gasteiger partial charge is 0.243 e. The Bertz CT molecular complexity index is 1240. The predicted molar refractivity (Wildman–Crippen MR) is 135 cm³/mol. The molecule has 0 unspecified atom stereocenters. The number of aryl methyl sites for hydroxylation is 2. The molecule has 11 heteroatoms. The first-order valence-corrected chi connectivity index (χ1v) is 15.5. The number of piperidine rings is 1. The van der Waals surface area contributed by atoms with Crippen molar-refractivity contribution >= 4 is 20.0 Å². The van der Waals surface area contributed by atoms with E-state index in [0.717, 1.165) is 12.2 Å². The number of pyridine rings is 1. The Labute approximate surface area is 213 Å². The largest absolute Gasteiger partial charge is 0.490 e. The Morgan fingerprint density at radius 3 is 2.28 bits per heavy atom. The molecule has 2 aliphatic rings. The van der Waals surface area contributed by atoms with Crippen molar-refractivity contribution < 1.29 is 26.0 Å². The predicted octanol–water partition coefficient (Wildman–Crippen LogP) is 3.64. The third-order valence-electron chi connectivity index (χ3n) is 7.00. The summed E-state index contributed by atoms with van der Waals surface area (Å²) in [5.74, 6) is 0.260. The molecule has 2 saturated heterocycles. The first kappa shape index (κ1) is 27.0. The van der Waals surface area contributed by atoms with Gasteiger partial charge in [-0.15, -0.1) is 0 Å². The molecule has 198 valence electrons. The van der Waals surface area contributed by atoms with Crippen LogP contribution in [0.25, 0.3) is 0 Å². The molecule has 2 aliphatic heterocycles. The number of halogens is 1. The molecule has 2 aromatic rings. The minimum absolute atomic E-state index is 0.0120. The van der Waals surface area contributed by atoms with Gasteiger partial charge >= 0.3 is 0 Å². The fourth-order valence-corrected chi connectivity index (χ4v) is 9.00. The van der Waals surface area contributed by atoms with Gasteiger partial charge in [0.15, 0.2) is 0 Å². The highest BCUT2D eigenvalue weighted by Gasteiger charge is 2.37. The minimum atomic E-state index is -3.80. The van der Waals surface area contributed by atoms with Gasteiger partial charge in [-0.2, -0.15) is 4.31 Å². The van der Waals surface area contributed by atoms with Crippen molar-refractivity contribution in [2.24, 2.45) is 0 Å². The highest BCUT2D eigenvalue weighted by atomic mass is 32.2. The van der Waals surface area contributed by atoms with E-state index in [9.17, 15) is 21.2 Å². The molecule has 1 aromatic heterocycles. The van der Waals surface area contributed by atoms with Gasteiger partial charge in [-0.1, -0.05) is 0 Å². The molecule has 2 fully saturated rings. The maximum Gasteiger partial charge on any atom is 0.243 e. The molecule has 8 nitrogen and oxygen atoms in total. The Kier molecular flexibility index (Phi) is 8.33. The van der Waals surface area contributed by atoms with Crippen LogP contribution in [0.2, 0.25) is 0 Å². The van der Waals surface area contributed by atoms with Crippen molar-refractivity contribution in [3.05, 3.63) is 53.6 Å². The Balaban J connectivity index is 1.31. The molecule has 0 amide bonds. The van der Waals surface area contributed by atoms with E-state index in [0.29, 0.717) is 62.9 Å². The van der Waals surface area contributed by atoms with Crippen molar-refractivity contribution in [2.45, 2.75) is 69.4 Å². The number of hydrogen-bond donors (Lipinski definition) is 0. The van der Waals surface area contributed by atoms with Crippen LogP contribution in [0.5, 0.6) is 5.75 Å². The van der Waals surface area contributed by atoms with Crippen LogP contribution < -0.4 is 4.74 Å². The van der Waals surface area contributed by atoms with E-state index in [4.69, 9.17) is 4.74 Å². The molecule has 1 atom stereocenters. The summed E-state index contributed by atoms with van der Waals surface area (Å²) in [4.78, 5) is 4.12. The van der Waals surface area contributed by atoms with Crippen molar-refractivity contribution in [1.82, 2.24) is 13.6 Å².